The molecule has 1 amide bonds. The van der Waals surface area contributed by atoms with Crippen LogP contribution in [0.2, 0.25) is 10.0 Å². The summed E-state index contributed by atoms with van der Waals surface area (Å²) in [5.74, 6) is -1.51. The summed E-state index contributed by atoms with van der Waals surface area (Å²) in [6.07, 6.45) is 1.76. The number of aromatic nitrogens is 1. The molecule has 0 aliphatic rings. The van der Waals surface area contributed by atoms with Crippen LogP contribution in [0.3, 0.4) is 0 Å². The summed E-state index contributed by atoms with van der Waals surface area (Å²) in [5, 5.41) is 13.4. The molecular weight excluding hydrogens is 294 g/mol. The van der Waals surface area contributed by atoms with Crippen LogP contribution < -0.4 is 10.0 Å². The lowest BCUT2D eigenvalue weighted by Gasteiger charge is -2.08. The Morgan fingerprint density at radius 2 is 1.89 bits per heavy atom. The van der Waals surface area contributed by atoms with Gasteiger partial charge in [-0.3, -0.25) is 4.79 Å². The third-order valence-corrected chi connectivity index (χ3v) is 2.95. The monoisotopic (exact) mass is 300 g/mol. The molecule has 0 unspecified atom stereocenters. The molecule has 4 nitrogen and oxygen atoms in total. The molecule has 0 spiro atoms. The summed E-state index contributed by atoms with van der Waals surface area (Å²) in [7, 11) is 0. The Bertz CT molecular complexity index is 629. The number of nitrogens with zero attached hydrogens (tertiary/aromatic N) is 1. The van der Waals surface area contributed by atoms with Crippen LogP contribution in [-0.4, -0.2) is 5.91 Å². The van der Waals surface area contributed by atoms with Crippen molar-refractivity contribution in [2.75, 3.05) is 5.32 Å². The van der Waals surface area contributed by atoms with E-state index < -0.39 is 11.7 Å². The lowest BCUT2D eigenvalue weighted by atomic mass is 10.2. The Labute approximate surface area is 118 Å². The minimum Gasteiger partial charge on any atom is -0.619 e. The van der Waals surface area contributed by atoms with Gasteiger partial charge in [0.15, 0.2) is 6.20 Å². The summed E-state index contributed by atoms with van der Waals surface area (Å²) in [5.41, 5.74) is -0.0860. The van der Waals surface area contributed by atoms with Crippen LogP contribution in [0, 0.1) is 11.0 Å². The van der Waals surface area contributed by atoms with Crippen molar-refractivity contribution in [3.8, 4) is 0 Å². The van der Waals surface area contributed by atoms with Crippen LogP contribution in [0.15, 0.2) is 36.7 Å². The summed E-state index contributed by atoms with van der Waals surface area (Å²) in [6, 6.07) is 5.72. The lowest BCUT2D eigenvalue weighted by Crippen LogP contribution is -2.26. The molecule has 1 N–H and O–H groups in total. The molecule has 7 heteroatoms. The van der Waals surface area contributed by atoms with Crippen LogP contribution in [0.25, 0.3) is 0 Å². The second-order valence-electron chi connectivity index (χ2n) is 3.62. The molecule has 2 aromatic rings. The topological polar surface area (TPSA) is 56.0 Å². The maximum Gasteiger partial charge on any atom is 0.258 e. The fraction of sp³-hybridized carbons (Fsp3) is 0. The number of benzene rings is 1. The number of hydrogen-bond acceptors (Lipinski definition) is 2. The quantitative estimate of drug-likeness (QED) is 0.684. The fourth-order valence-corrected chi connectivity index (χ4v) is 2.02. The first-order valence-electron chi connectivity index (χ1n) is 5.12. The van der Waals surface area contributed by atoms with E-state index in [0.29, 0.717) is 6.20 Å². The molecule has 0 bridgehead atoms. The van der Waals surface area contributed by atoms with E-state index in [9.17, 15) is 14.4 Å². The highest BCUT2D eigenvalue weighted by atomic mass is 35.5. The number of pyridine rings is 1. The average Bonchev–Trinajstić information content (AvgIpc) is 2.32. The smallest absolute Gasteiger partial charge is 0.258 e. The van der Waals surface area contributed by atoms with E-state index in [0.717, 1.165) is 12.3 Å². The SMILES string of the molecule is O=C(Nc1cc[n+]([O-])cc1F)c1c(Cl)cccc1Cl. The molecule has 0 aliphatic heterocycles. The van der Waals surface area contributed by atoms with E-state index in [4.69, 9.17) is 23.2 Å². The zero-order valence-corrected chi connectivity index (χ0v) is 10.9. The van der Waals surface area contributed by atoms with Crippen molar-refractivity contribution in [3.05, 3.63) is 63.3 Å². The average molecular weight is 301 g/mol. The number of rotatable bonds is 2. The normalized spacial score (nSPS) is 10.3. The third kappa shape index (κ3) is 2.94. The number of anilines is 1. The van der Waals surface area contributed by atoms with Gasteiger partial charge < -0.3 is 10.5 Å². The van der Waals surface area contributed by atoms with Crippen molar-refractivity contribution in [2.45, 2.75) is 0 Å². The number of hydrogen-bond donors (Lipinski definition) is 1. The van der Waals surface area contributed by atoms with E-state index >= 15 is 0 Å². The van der Waals surface area contributed by atoms with Crippen molar-refractivity contribution in [3.63, 3.8) is 0 Å². The number of halogens is 3. The molecule has 0 atom stereocenters. The summed E-state index contributed by atoms with van der Waals surface area (Å²) < 4.78 is 13.7. The zero-order chi connectivity index (χ0) is 14.0. The van der Waals surface area contributed by atoms with Crippen LogP contribution in [0.4, 0.5) is 10.1 Å². The summed E-state index contributed by atoms with van der Waals surface area (Å²) in [6.45, 7) is 0. The van der Waals surface area contributed by atoms with Gasteiger partial charge in [-0.15, -0.1) is 0 Å². The van der Waals surface area contributed by atoms with Crippen molar-refractivity contribution < 1.29 is 13.9 Å². The highest BCUT2D eigenvalue weighted by Gasteiger charge is 2.17. The molecule has 0 saturated heterocycles. The van der Waals surface area contributed by atoms with Gasteiger partial charge in [-0.05, 0) is 12.1 Å². The fourth-order valence-electron chi connectivity index (χ4n) is 1.45. The maximum atomic E-state index is 13.4. The predicted octanol–water partition coefficient (Wildman–Crippen LogP) is 3.02. The Balaban J connectivity index is 2.31. The molecule has 1 aromatic heterocycles. The maximum absolute atomic E-state index is 13.4. The van der Waals surface area contributed by atoms with Crippen molar-refractivity contribution in [1.82, 2.24) is 0 Å². The van der Waals surface area contributed by atoms with Gasteiger partial charge in [0.05, 0.1) is 21.3 Å². The highest BCUT2D eigenvalue weighted by molar-refractivity contribution is 6.40. The Kier molecular flexibility index (Phi) is 3.87. The van der Waals surface area contributed by atoms with E-state index in [-0.39, 0.29) is 26.0 Å². The zero-order valence-electron chi connectivity index (χ0n) is 9.36. The number of carbonyl (C=O) groups is 1. The Morgan fingerprint density at radius 1 is 1.26 bits per heavy atom. The number of amides is 1. The standard InChI is InChI=1S/C12H7Cl2FN2O2/c13-7-2-1-3-8(14)11(7)12(18)16-10-4-5-17(19)6-9(10)15/h1-6H,(H,16,18). The summed E-state index contributed by atoms with van der Waals surface area (Å²) in [4.78, 5) is 12.0. The summed E-state index contributed by atoms with van der Waals surface area (Å²) >= 11 is 11.7. The predicted molar refractivity (Wildman–Crippen MR) is 69.8 cm³/mol. The van der Waals surface area contributed by atoms with Gasteiger partial charge in [-0.1, -0.05) is 29.3 Å². The molecule has 19 heavy (non-hydrogen) atoms. The van der Waals surface area contributed by atoms with E-state index in [2.05, 4.69) is 5.32 Å². The number of carbonyl (C=O) groups excluding carboxylic acids is 1. The first-order valence-corrected chi connectivity index (χ1v) is 5.88. The molecule has 0 aliphatic carbocycles. The molecular formula is C12H7Cl2FN2O2. The van der Waals surface area contributed by atoms with Crippen LogP contribution in [0.1, 0.15) is 10.4 Å². The minimum atomic E-state index is -0.853. The van der Waals surface area contributed by atoms with Crippen LogP contribution in [0.5, 0.6) is 0 Å². The van der Waals surface area contributed by atoms with Gasteiger partial charge >= 0.3 is 0 Å². The molecule has 98 valence electrons. The van der Waals surface area contributed by atoms with E-state index in [1.54, 1.807) is 6.07 Å². The Morgan fingerprint density at radius 3 is 2.47 bits per heavy atom. The van der Waals surface area contributed by atoms with Gasteiger partial charge in [-0.25, -0.2) is 0 Å². The first kappa shape index (κ1) is 13.6. The second kappa shape index (κ2) is 5.42. The van der Waals surface area contributed by atoms with Crippen molar-refractivity contribution in [2.24, 2.45) is 0 Å². The molecule has 0 radical (unpaired) electrons. The second-order valence-corrected chi connectivity index (χ2v) is 4.43. The van der Waals surface area contributed by atoms with Gasteiger partial charge in [0.25, 0.3) is 5.91 Å². The van der Waals surface area contributed by atoms with Gasteiger partial charge in [-0.2, -0.15) is 9.12 Å². The largest absolute Gasteiger partial charge is 0.619 e. The van der Waals surface area contributed by atoms with Gasteiger partial charge in [0.1, 0.15) is 0 Å². The molecule has 1 aromatic carbocycles. The number of nitrogens with one attached hydrogen (secondary N) is 1. The van der Waals surface area contributed by atoms with E-state index in [1.165, 1.54) is 12.1 Å². The van der Waals surface area contributed by atoms with Crippen LogP contribution >= 0.6 is 23.2 Å². The lowest BCUT2D eigenvalue weighted by molar-refractivity contribution is -0.607. The molecule has 1 heterocycles. The molecule has 0 fully saturated rings. The minimum absolute atomic E-state index is 0.0455. The first-order chi connectivity index (χ1) is 8.99. The van der Waals surface area contributed by atoms with E-state index in [1.807, 2.05) is 0 Å². The Hall–Kier alpha value is -1.85. The van der Waals surface area contributed by atoms with Crippen molar-refractivity contribution in [1.29, 1.82) is 0 Å². The molecule has 2 rings (SSSR count). The van der Waals surface area contributed by atoms with Gasteiger partial charge in [0, 0.05) is 6.07 Å². The van der Waals surface area contributed by atoms with Crippen LogP contribution in [-0.2, 0) is 0 Å². The van der Waals surface area contributed by atoms with Gasteiger partial charge in [0.2, 0.25) is 12.0 Å². The third-order valence-electron chi connectivity index (χ3n) is 2.32. The molecule has 0 saturated carbocycles. The highest BCUT2D eigenvalue weighted by Crippen LogP contribution is 2.25. The van der Waals surface area contributed by atoms with Crippen molar-refractivity contribution >= 4 is 34.8 Å².